The molecule has 0 aliphatic carbocycles. The maximum atomic E-state index is 12.2. The molecule has 1 heterocycles. The predicted molar refractivity (Wildman–Crippen MR) is 77.3 cm³/mol. The molecular formula is C17H17NO. The van der Waals surface area contributed by atoms with Gasteiger partial charge in [0, 0.05) is 5.69 Å². The lowest BCUT2D eigenvalue weighted by molar-refractivity contribution is -0.117. The van der Waals surface area contributed by atoms with Gasteiger partial charge in [0.05, 0.1) is 13.0 Å². The highest BCUT2D eigenvalue weighted by Crippen LogP contribution is 2.30. The molecule has 0 spiro atoms. The van der Waals surface area contributed by atoms with Crippen molar-refractivity contribution in [3.63, 3.8) is 0 Å². The smallest absolute Gasteiger partial charge is 0.231 e. The lowest BCUT2D eigenvalue weighted by Gasteiger charge is -2.19. The Hall–Kier alpha value is -2.09. The van der Waals surface area contributed by atoms with Crippen molar-refractivity contribution in [2.75, 3.05) is 4.90 Å². The Bertz CT molecular complexity index is 645. The SMILES string of the molecule is Cc1ccc(C)c(CN2C(=O)Cc3ccccc32)c1. The van der Waals surface area contributed by atoms with Gasteiger partial charge in [-0.2, -0.15) is 0 Å². The van der Waals surface area contributed by atoms with Gasteiger partial charge < -0.3 is 4.90 Å². The second kappa shape index (κ2) is 4.54. The molecule has 0 N–H and O–H groups in total. The molecular weight excluding hydrogens is 234 g/mol. The highest BCUT2D eigenvalue weighted by Gasteiger charge is 2.26. The van der Waals surface area contributed by atoms with Gasteiger partial charge in [-0.3, -0.25) is 4.79 Å². The zero-order valence-corrected chi connectivity index (χ0v) is 11.3. The van der Waals surface area contributed by atoms with E-state index in [9.17, 15) is 4.79 Å². The summed E-state index contributed by atoms with van der Waals surface area (Å²) < 4.78 is 0. The third kappa shape index (κ3) is 2.14. The van der Waals surface area contributed by atoms with E-state index in [0.29, 0.717) is 13.0 Å². The number of hydrogen-bond donors (Lipinski definition) is 0. The number of carbonyl (C=O) groups is 1. The Balaban J connectivity index is 1.95. The number of anilines is 1. The molecule has 2 heteroatoms. The molecule has 0 radical (unpaired) electrons. The Morgan fingerprint density at radius 2 is 1.89 bits per heavy atom. The van der Waals surface area contributed by atoms with Crippen molar-refractivity contribution >= 4 is 11.6 Å². The molecule has 0 atom stereocenters. The highest BCUT2D eigenvalue weighted by atomic mass is 16.2. The van der Waals surface area contributed by atoms with Crippen LogP contribution < -0.4 is 4.90 Å². The maximum absolute atomic E-state index is 12.2. The largest absolute Gasteiger partial charge is 0.307 e. The van der Waals surface area contributed by atoms with Crippen LogP contribution >= 0.6 is 0 Å². The summed E-state index contributed by atoms with van der Waals surface area (Å²) in [6.07, 6.45) is 0.529. The van der Waals surface area contributed by atoms with Crippen LogP contribution in [0.15, 0.2) is 42.5 Å². The van der Waals surface area contributed by atoms with Crippen LogP contribution in [0.2, 0.25) is 0 Å². The van der Waals surface area contributed by atoms with E-state index in [2.05, 4.69) is 32.0 Å². The second-order valence-corrected chi connectivity index (χ2v) is 5.22. The average Bonchev–Trinajstić information content (AvgIpc) is 2.71. The maximum Gasteiger partial charge on any atom is 0.231 e. The highest BCUT2D eigenvalue weighted by molar-refractivity contribution is 6.01. The monoisotopic (exact) mass is 251 g/mol. The third-order valence-corrected chi connectivity index (χ3v) is 3.76. The first-order valence-electron chi connectivity index (χ1n) is 6.59. The standard InChI is InChI=1S/C17H17NO/c1-12-7-8-13(2)15(9-12)11-18-16-6-4-3-5-14(16)10-17(18)19/h3-9H,10-11H2,1-2H3. The van der Waals surface area contributed by atoms with Crippen molar-refractivity contribution in [2.45, 2.75) is 26.8 Å². The topological polar surface area (TPSA) is 20.3 Å². The van der Waals surface area contributed by atoms with E-state index in [1.807, 2.05) is 29.2 Å². The molecule has 0 aromatic heterocycles. The first-order valence-corrected chi connectivity index (χ1v) is 6.59. The first kappa shape index (κ1) is 12.0. The molecule has 0 fully saturated rings. The fourth-order valence-electron chi connectivity index (χ4n) is 2.63. The summed E-state index contributed by atoms with van der Waals surface area (Å²) in [6, 6.07) is 14.5. The Labute approximate surface area is 113 Å². The predicted octanol–water partition coefficient (Wildman–Crippen LogP) is 3.39. The summed E-state index contributed by atoms with van der Waals surface area (Å²) in [5.74, 6) is 0.196. The van der Waals surface area contributed by atoms with E-state index >= 15 is 0 Å². The normalized spacial score (nSPS) is 13.8. The molecule has 3 rings (SSSR count). The molecule has 0 unspecified atom stereocenters. The Morgan fingerprint density at radius 1 is 1.11 bits per heavy atom. The van der Waals surface area contributed by atoms with Crippen molar-refractivity contribution in [1.82, 2.24) is 0 Å². The molecule has 1 aliphatic heterocycles. The van der Waals surface area contributed by atoms with Gasteiger partial charge in [-0.05, 0) is 36.6 Å². The molecule has 2 aromatic rings. The Morgan fingerprint density at radius 3 is 2.74 bits per heavy atom. The van der Waals surface area contributed by atoms with Crippen molar-refractivity contribution in [3.05, 3.63) is 64.7 Å². The zero-order valence-electron chi connectivity index (χ0n) is 11.3. The van der Waals surface area contributed by atoms with Gasteiger partial charge in [0.2, 0.25) is 5.91 Å². The molecule has 1 aliphatic rings. The number of nitrogens with zero attached hydrogens (tertiary/aromatic N) is 1. The molecule has 0 bridgehead atoms. The Kier molecular flexibility index (Phi) is 2.86. The van der Waals surface area contributed by atoms with Gasteiger partial charge in [-0.25, -0.2) is 0 Å². The van der Waals surface area contributed by atoms with Crippen molar-refractivity contribution < 1.29 is 4.79 Å². The van der Waals surface area contributed by atoms with Crippen LogP contribution in [0, 0.1) is 13.8 Å². The fourth-order valence-corrected chi connectivity index (χ4v) is 2.63. The number of rotatable bonds is 2. The summed E-state index contributed by atoms with van der Waals surface area (Å²) in [6.45, 7) is 4.85. The number of carbonyl (C=O) groups excluding carboxylic acids is 1. The van der Waals surface area contributed by atoms with Crippen LogP contribution in [0.4, 0.5) is 5.69 Å². The minimum Gasteiger partial charge on any atom is -0.307 e. The van der Waals surface area contributed by atoms with Gasteiger partial charge >= 0.3 is 0 Å². The number of para-hydroxylation sites is 1. The third-order valence-electron chi connectivity index (χ3n) is 3.76. The van der Waals surface area contributed by atoms with Crippen LogP contribution in [-0.2, 0) is 17.8 Å². The summed E-state index contributed by atoms with van der Waals surface area (Å²) >= 11 is 0. The summed E-state index contributed by atoms with van der Waals surface area (Å²) in [4.78, 5) is 14.1. The molecule has 19 heavy (non-hydrogen) atoms. The van der Waals surface area contributed by atoms with E-state index in [4.69, 9.17) is 0 Å². The van der Waals surface area contributed by atoms with E-state index < -0.39 is 0 Å². The van der Waals surface area contributed by atoms with Gasteiger partial charge in [-0.1, -0.05) is 42.0 Å². The summed E-state index contributed by atoms with van der Waals surface area (Å²) in [5.41, 5.74) is 5.90. The van der Waals surface area contributed by atoms with Crippen LogP contribution in [-0.4, -0.2) is 5.91 Å². The molecule has 2 nitrogen and oxygen atoms in total. The summed E-state index contributed by atoms with van der Waals surface area (Å²) in [7, 11) is 0. The minimum atomic E-state index is 0.196. The van der Waals surface area contributed by atoms with Crippen molar-refractivity contribution in [3.8, 4) is 0 Å². The second-order valence-electron chi connectivity index (χ2n) is 5.22. The quantitative estimate of drug-likeness (QED) is 0.801. The number of amides is 1. The van der Waals surface area contributed by atoms with Gasteiger partial charge in [-0.15, -0.1) is 0 Å². The number of aryl methyl sites for hydroxylation is 2. The first-order chi connectivity index (χ1) is 9.15. The van der Waals surface area contributed by atoms with Crippen LogP contribution in [0.1, 0.15) is 22.3 Å². The minimum absolute atomic E-state index is 0.196. The molecule has 96 valence electrons. The number of benzene rings is 2. The van der Waals surface area contributed by atoms with Gasteiger partial charge in [0.1, 0.15) is 0 Å². The molecule has 0 saturated carbocycles. The van der Waals surface area contributed by atoms with E-state index in [1.54, 1.807) is 0 Å². The number of fused-ring (bicyclic) bond motifs is 1. The lowest BCUT2D eigenvalue weighted by atomic mass is 10.1. The summed E-state index contributed by atoms with van der Waals surface area (Å²) in [5, 5.41) is 0. The lowest BCUT2D eigenvalue weighted by Crippen LogP contribution is -2.26. The van der Waals surface area contributed by atoms with Crippen LogP contribution in [0.3, 0.4) is 0 Å². The molecule has 0 saturated heterocycles. The van der Waals surface area contributed by atoms with E-state index in [0.717, 1.165) is 11.3 Å². The van der Waals surface area contributed by atoms with Crippen LogP contribution in [0.25, 0.3) is 0 Å². The number of hydrogen-bond acceptors (Lipinski definition) is 1. The van der Waals surface area contributed by atoms with Crippen molar-refractivity contribution in [2.24, 2.45) is 0 Å². The average molecular weight is 251 g/mol. The van der Waals surface area contributed by atoms with Gasteiger partial charge in [0.15, 0.2) is 0 Å². The molecule has 2 aromatic carbocycles. The van der Waals surface area contributed by atoms with E-state index in [1.165, 1.54) is 16.7 Å². The zero-order chi connectivity index (χ0) is 13.4. The molecule has 1 amide bonds. The van der Waals surface area contributed by atoms with Gasteiger partial charge in [0.25, 0.3) is 0 Å². The van der Waals surface area contributed by atoms with Crippen molar-refractivity contribution in [1.29, 1.82) is 0 Å². The van der Waals surface area contributed by atoms with Crippen LogP contribution in [0.5, 0.6) is 0 Å². The van der Waals surface area contributed by atoms with E-state index in [-0.39, 0.29) is 5.91 Å². The fraction of sp³-hybridized carbons (Fsp3) is 0.235.